The third-order valence-electron chi connectivity index (χ3n) is 7.03. The molecule has 3 aromatic carbocycles. The minimum Gasteiger partial charge on any atom is -0.472 e. The highest BCUT2D eigenvalue weighted by Gasteiger charge is 2.28. The normalized spacial score (nSPS) is 11.5. The molecule has 0 amide bonds. The first kappa shape index (κ1) is 20.3. The molecule has 36 heavy (non-hydrogen) atoms. The van der Waals surface area contributed by atoms with Gasteiger partial charge in [0.15, 0.2) is 0 Å². The van der Waals surface area contributed by atoms with Gasteiger partial charge in [-0.25, -0.2) is 0 Å². The molecule has 0 radical (unpaired) electrons. The zero-order chi connectivity index (χ0) is 24.2. The standard InChI is InChI=1S/C32H20N2O2/c1-3-15-33-25-11-7-5-9-23(25)29-28(22-14-18-36-20-22)32-30(27(31(29)33)21-13-17-35-19-21)24-10-6-8-12-26(24)34(32)16-4-2/h1-2,5-14,17-20H,15-16H2. The second-order valence-corrected chi connectivity index (χ2v) is 8.84. The minimum absolute atomic E-state index is 0.439. The molecule has 0 saturated heterocycles. The molecule has 7 aromatic rings. The Morgan fingerprint density at radius 3 is 1.44 bits per heavy atom. The summed E-state index contributed by atoms with van der Waals surface area (Å²) < 4.78 is 15.7. The van der Waals surface area contributed by atoms with E-state index in [9.17, 15) is 0 Å². The fourth-order valence-corrected chi connectivity index (χ4v) is 5.76. The van der Waals surface area contributed by atoms with E-state index < -0.39 is 0 Å². The lowest BCUT2D eigenvalue weighted by molar-refractivity contribution is 0.568. The van der Waals surface area contributed by atoms with E-state index in [0.29, 0.717) is 13.1 Å². The Kier molecular flexibility index (Phi) is 4.37. The summed E-state index contributed by atoms with van der Waals surface area (Å²) in [5.74, 6) is 5.76. The van der Waals surface area contributed by atoms with Crippen molar-refractivity contribution >= 4 is 43.6 Å². The number of hydrogen-bond donors (Lipinski definition) is 0. The zero-order valence-corrected chi connectivity index (χ0v) is 19.4. The van der Waals surface area contributed by atoms with Crippen LogP contribution >= 0.6 is 0 Å². The van der Waals surface area contributed by atoms with Crippen LogP contribution in [-0.2, 0) is 13.1 Å². The number of furan rings is 2. The van der Waals surface area contributed by atoms with Gasteiger partial charge in [-0.1, -0.05) is 48.2 Å². The number of rotatable bonds is 4. The largest absolute Gasteiger partial charge is 0.472 e. The molecular weight excluding hydrogens is 444 g/mol. The number of para-hydroxylation sites is 2. The van der Waals surface area contributed by atoms with Crippen molar-refractivity contribution in [3.63, 3.8) is 0 Å². The summed E-state index contributed by atoms with van der Waals surface area (Å²) in [4.78, 5) is 0. The molecule has 0 saturated carbocycles. The van der Waals surface area contributed by atoms with Crippen molar-refractivity contribution in [1.82, 2.24) is 9.13 Å². The van der Waals surface area contributed by atoms with Crippen LogP contribution in [0.4, 0.5) is 0 Å². The first-order valence-corrected chi connectivity index (χ1v) is 11.7. The van der Waals surface area contributed by atoms with Crippen LogP contribution in [0.1, 0.15) is 0 Å². The molecule has 170 valence electrons. The maximum absolute atomic E-state index is 5.92. The first-order valence-electron chi connectivity index (χ1n) is 11.7. The SMILES string of the molecule is C#CCn1c2ccccc2c2c(-c3ccoc3)c3c(c(-c4ccoc4)c21)c1ccccc1n3CC#C. The lowest BCUT2D eigenvalue weighted by atomic mass is 9.91. The summed E-state index contributed by atoms with van der Waals surface area (Å²) >= 11 is 0. The number of aromatic nitrogens is 2. The van der Waals surface area contributed by atoms with Gasteiger partial charge in [-0.15, -0.1) is 12.8 Å². The fourth-order valence-electron chi connectivity index (χ4n) is 5.76. The average Bonchev–Trinajstić information content (AvgIpc) is 3.71. The summed E-state index contributed by atoms with van der Waals surface area (Å²) in [6.45, 7) is 0.877. The van der Waals surface area contributed by atoms with Gasteiger partial charge in [0.05, 0.1) is 60.2 Å². The molecule has 0 unspecified atom stereocenters. The van der Waals surface area contributed by atoms with Gasteiger partial charge in [-0.3, -0.25) is 0 Å². The van der Waals surface area contributed by atoms with E-state index in [0.717, 1.165) is 65.9 Å². The highest BCUT2D eigenvalue weighted by molar-refractivity contribution is 6.32. The zero-order valence-electron chi connectivity index (χ0n) is 19.4. The summed E-state index contributed by atoms with van der Waals surface area (Å²) in [5.41, 5.74) is 8.47. The maximum atomic E-state index is 5.92. The summed E-state index contributed by atoms with van der Waals surface area (Å²) in [7, 11) is 0. The molecule has 4 aromatic heterocycles. The lowest BCUT2D eigenvalue weighted by Crippen LogP contribution is -2.00. The van der Waals surface area contributed by atoms with E-state index in [1.165, 1.54) is 0 Å². The highest BCUT2D eigenvalue weighted by atomic mass is 16.3. The molecule has 0 fully saturated rings. The van der Waals surface area contributed by atoms with Crippen LogP contribution in [0, 0.1) is 24.7 Å². The highest BCUT2D eigenvalue weighted by Crippen LogP contribution is 2.50. The van der Waals surface area contributed by atoms with Crippen molar-refractivity contribution in [2.24, 2.45) is 0 Å². The van der Waals surface area contributed by atoms with E-state index in [1.807, 2.05) is 12.1 Å². The molecular formula is C32H20N2O2. The molecule has 0 atom stereocenters. The molecule has 0 spiro atoms. The Balaban J connectivity index is 1.91. The van der Waals surface area contributed by atoms with Crippen LogP contribution in [0.3, 0.4) is 0 Å². The van der Waals surface area contributed by atoms with Crippen molar-refractivity contribution in [3.05, 3.63) is 85.7 Å². The second-order valence-electron chi connectivity index (χ2n) is 8.84. The van der Waals surface area contributed by atoms with E-state index in [-0.39, 0.29) is 0 Å². The Labute approximate surface area is 207 Å². The number of terminal acetylenes is 2. The smallest absolute Gasteiger partial charge is 0.0981 e. The topological polar surface area (TPSA) is 36.1 Å². The van der Waals surface area contributed by atoms with Crippen LogP contribution in [0.15, 0.2) is 94.6 Å². The van der Waals surface area contributed by atoms with Gasteiger partial charge in [-0.05, 0) is 24.3 Å². The van der Waals surface area contributed by atoms with Gasteiger partial charge in [-0.2, -0.15) is 0 Å². The lowest BCUT2D eigenvalue weighted by Gasteiger charge is -2.15. The molecule has 7 rings (SSSR count). The van der Waals surface area contributed by atoms with Crippen molar-refractivity contribution in [3.8, 4) is 46.9 Å². The predicted octanol–water partition coefficient (Wildman–Crippen LogP) is 7.69. The third kappa shape index (κ3) is 2.62. The predicted molar refractivity (Wildman–Crippen MR) is 146 cm³/mol. The summed E-state index contributed by atoms with van der Waals surface area (Å²) in [6, 6.07) is 20.8. The van der Waals surface area contributed by atoms with Crippen molar-refractivity contribution in [1.29, 1.82) is 0 Å². The van der Waals surface area contributed by atoms with Crippen molar-refractivity contribution in [2.75, 3.05) is 0 Å². The molecule has 0 bridgehead atoms. The molecule has 4 nitrogen and oxygen atoms in total. The van der Waals surface area contributed by atoms with E-state index in [1.54, 1.807) is 25.1 Å². The molecule has 0 aliphatic heterocycles. The second kappa shape index (κ2) is 7.73. The Morgan fingerprint density at radius 2 is 1.06 bits per heavy atom. The van der Waals surface area contributed by atoms with Crippen molar-refractivity contribution in [2.45, 2.75) is 13.1 Å². The van der Waals surface area contributed by atoms with Gasteiger partial charge < -0.3 is 18.0 Å². The van der Waals surface area contributed by atoms with Crippen molar-refractivity contribution < 1.29 is 8.83 Å². The summed E-state index contributed by atoms with van der Waals surface area (Å²) in [6.07, 6.45) is 18.9. The van der Waals surface area contributed by atoms with Gasteiger partial charge in [0.25, 0.3) is 0 Å². The van der Waals surface area contributed by atoms with Crippen LogP contribution in [-0.4, -0.2) is 9.13 Å². The third-order valence-corrected chi connectivity index (χ3v) is 7.03. The van der Waals surface area contributed by atoms with E-state index >= 15 is 0 Å². The first-order chi connectivity index (χ1) is 17.8. The van der Waals surface area contributed by atoms with Crippen LogP contribution in [0.2, 0.25) is 0 Å². The Bertz CT molecular complexity index is 1850. The van der Waals surface area contributed by atoms with Gasteiger partial charge in [0.1, 0.15) is 0 Å². The monoisotopic (exact) mass is 464 g/mol. The van der Waals surface area contributed by atoms with Crippen LogP contribution < -0.4 is 0 Å². The maximum Gasteiger partial charge on any atom is 0.0981 e. The van der Waals surface area contributed by atoms with E-state index in [2.05, 4.69) is 69.5 Å². The molecule has 4 heteroatoms. The molecule has 0 aliphatic rings. The molecule has 0 aliphatic carbocycles. The van der Waals surface area contributed by atoms with E-state index in [4.69, 9.17) is 21.7 Å². The van der Waals surface area contributed by atoms with Gasteiger partial charge in [0, 0.05) is 43.8 Å². The summed E-state index contributed by atoms with van der Waals surface area (Å²) in [5, 5.41) is 4.49. The Morgan fingerprint density at radius 1 is 0.611 bits per heavy atom. The number of nitrogens with zero attached hydrogens (tertiary/aromatic N) is 2. The van der Waals surface area contributed by atoms with Crippen LogP contribution in [0.5, 0.6) is 0 Å². The molecule has 0 N–H and O–H groups in total. The number of fused-ring (bicyclic) bond motifs is 6. The number of benzene rings is 3. The average molecular weight is 465 g/mol. The Hall–Kier alpha value is -5.06. The van der Waals surface area contributed by atoms with Gasteiger partial charge in [0.2, 0.25) is 0 Å². The van der Waals surface area contributed by atoms with Gasteiger partial charge >= 0.3 is 0 Å². The fraction of sp³-hybridized carbons (Fsp3) is 0.0625. The minimum atomic E-state index is 0.439. The number of hydrogen-bond acceptors (Lipinski definition) is 2. The quantitative estimate of drug-likeness (QED) is 0.250. The van der Waals surface area contributed by atoms with Crippen LogP contribution in [0.25, 0.3) is 65.9 Å². The molecule has 4 heterocycles.